The first kappa shape index (κ1) is 14.8. The lowest BCUT2D eigenvalue weighted by Crippen LogP contribution is -2.41. The van der Waals surface area contributed by atoms with Crippen molar-refractivity contribution in [3.05, 3.63) is 16.1 Å². The molecule has 0 aromatic carbocycles. The first-order valence-corrected chi connectivity index (χ1v) is 10.4. The maximum atomic E-state index is 6.02. The number of likely N-dealkylation sites (tertiary alicyclic amines) is 1. The van der Waals surface area contributed by atoms with Crippen LogP contribution >= 0.6 is 34.4 Å². The highest BCUT2D eigenvalue weighted by Gasteiger charge is 2.41. The number of fused-ring (bicyclic) bond motifs is 3. The molecule has 7 heteroatoms. The molecule has 23 heavy (non-hydrogen) atoms. The van der Waals surface area contributed by atoms with E-state index in [4.69, 9.17) is 5.73 Å². The molecule has 0 radical (unpaired) electrons. The molecular weight excluding hydrogens is 421 g/mol. The third-order valence-electron chi connectivity index (χ3n) is 5.70. The van der Waals surface area contributed by atoms with Gasteiger partial charge in [0.2, 0.25) is 0 Å². The van der Waals surface area contributed by atoms with E-state index in [1.165, 1.54) is 38.1 Å². The zero-order valence-electron chi connectivity index (χ0n) is 12.9. The summed E-state index contributed by atoms with van der Waals surface area (Å²) in [6.07, 6.45) is 7.75. The molecule has 2 aromatic heterocycles. The van der Waals surface area contributed by atoms with Crippen molar-refractivity contribution in [1.82, 2.24) is 19.4 Å². The Kier molecular flexibility index (Phi) is 3.52. The molecular formula is C16H20IN5S. The number of anilines is 1. The number of nitrogens with zero attached hydrogens (tertiary/aromatic N) is 4. The van der Waals surface area contributed by atoms with Gasteiger partial charge in [-0.1, -0.05) is 0 Å². The summed E-state index contributed by atoms with van der Waals surface area (Å²) < 4.78 is 3.49. The highest BCUT2D eigenvalue weighted by molar-refractivity contribution is 14.1. The summed E-state index contributed by atoms with van der Waals surface area (Å²) in [5.74, 6) is 2.80. The molecule has 122 valence electrons. The van der Waals surface area contributed by atoms with E-state index in [9.17, 15) is 0 Å². The van der Waals surface area contributed by atoms with Crippen LogP contribution in [0.15, 0.2) is 12.5 Å². The average molecular weight is 441 g/mol. The van der Waals surface area contributed by atoms with E-state index in [0.29, 0.717) is 11.9 Å². The van der Waals surface area contributed by atoms with E-state index in [2.05, 4.69) is 60.0 Å². The second-order valence-electron chi connectivity index (χ2n) is 7.13. The first-order valence-electron chi connectivity index (χ1n) is 8.31. The van der Waals surface area contributed by atoms with Crippen molar-refractivity contribution in [3.63, 3.8) is 0 Å². The molecule has 0 spiro atoms. The van der Waals surface area contributed by atoms with E-state index in [0.717, 1.165) is 31.8 Å². The summed E-state index contributed by atoms with van der Waals surface area (Å²) in [5.41, 5.74) is 7.02. The number of thioether (sulfide) groups is 1. The van der Waals surface area contributed by atoms with E-state index in [1.807, 2.05) is 0 Å². The smallest absolute Gasteiger partial charge is 0.146 e. The lowest BCUT2D eigenvalue weighted by Gasteiger charge is -2.40. The van der Waals surface area contributed by atoms with Crippen LogP contribution in [0.25, 0.3) is 11.0 Å². The van der Waals surface area contributed by atoms with Gasteiger partial charge >= 0.3 is 0 Å². The Labute approximate surface area is 153 Å². The van der Waals surface area contributed by atoms with Gasteiger partial charge in [-0.3, -0.25) is 4.90 Å². The summed E-state index contributed by atoms with van der Waals surface area (Å²) in [6.45, 7) is 2.62. The van der Waals surface area contributed by atoms with Crippen LogP contribution in [-0.2, 0) is 0 Å². The molecule has 2 aromatic rings. The van der Waals surface area contributed by atoms with Crippen LogP contribution in [0, 0.1) is 9.49 Å². The van der Waals surface area contributed by atoms with Crippen molar-refractivity contribution in [2.24, 2.45) is 5.92 Å². The van der Waals surface area contributed by atoms with Crippen LogP contribution < -0.4 is 5.73 Å². The Bertz CT molecular complexity index is 756. The number of hydrogen-bond donors (Lipinski definition) is 1. The molecule has 5 nitrogen and oxygen atoms in total. The maximum absolute atomic E-state index is 6.02. The number of aromatic nitrogens is 3. The summed E-state index contributed by atoms with van der Waals surface area (Å²) in [6, 6.07) is 1.44. The molecule has 4 heterocycles. The largest absolute Gasteiger partial charge is 0.383 e. The van der Waals surface area contributed by atoms with Crippen molar-refractivity contribution in [2.75, 3.05) is 24.6 Å². The summed E-state index contributed by atoms with van der Waals surface area (Å²) in [5, 5.41) is 1.94. The fourth-order valence-corrected chi connectivity index (χ4v) is 6.77. The van der Waals surface area contributed by atoms with Crippen LogP contribution in [0.4, 0.5) is 5.82 Å². The Morgan fingerprint density at radius 1 is 1.26 bits per heavy atom. The van der Waals surface area contributed by atoms with Gasteiger partial charge in [0.1, 0.15) is 17.8 Å². The van der Waals surface area contributed by atoms with Gasteiger partial charge in [-0.2, -0.15) is 11.8 Å². The normalized spacial score (nSPS) is 33.4. The predicted molar refractivity (Wildman–Crippen MR) is 103 cm³/mol. The van der Waals surface area contributed by atoms with E-state index in [-0.39, 0.29) is 0 Å². The molecule has 1 aliphatic carbocycles. The minimum absolute atomic E-state index is 0.578. The molecule has 5 rings (SSSR count). The summed E-state index contributed by atoms with van der Waals surface area (Å²) >= 11 is 4.52. The summed E-state index contributed by atoms with van der Waals surface area (Å²) in [4.78, 5) is 11.4. The van der Waals surface area contributed by atoms with Gasteiger partial charge in [0.05, 0.1) is 5.39 Å². The molecule has 2 atom stereocenters. The topological polar surface area (TPSA) is 60.0 Å². The van der Waals surface area contributed by atoms with Gasteiger partial charge in [0.15, 0.2) is 0 Å². The molecule has 3 fully saturated rings. The highest BCUT2D eigenvalue weighted by atomic mass is 127. The molecule has 2 N–H and O–H groups in total. The molecule has 1 unspecified atom stereocenters. The third-order valence-corrected chi connectivity index (χ3v) is 7.91. The van der Waals surface area contributed by atoms with Crippen LogP contribution in [0.3, 0.4) is 0 Å². The molecule has 0 amide bonds. The van der Waals surface area contributed by atoms with Crippen molar-refractivity contribution in [1.29, 1.82) is 0 Å². The van der Waals surface area contributed by atoms with E-state index in [1.54, 1.807) is 6.33 Å². The molecule has 2 bridgehead atoms. The van der Waals surface area contributed by atoms with Gasteiger partial charge in [-0.05, 0) is 47.8 Å². The minimum Gasteiger partial charge on any atom is -0.383 e. The van der Waals surface area contributed by atoms with E-state index < -0.39 is 0 Å². The monoisotopic (exact) mass is 441 g/mol. The molecule has 1 saturated carbocycles. The van der Waals surface area contributed by atoms with Crippen molar-refractivity contribution < 1.29 is 0 Å². The van der Waals surface area contributed by atoms with Crippen molar-refractivity contribution in [2.45, 2.75) is 36.6 Å². The van der Waals surface area contributed by atoms with Crippen LogP contribution in [0.1, 0.15) is 25.3 Å². The Balaban J connectivity index is 1.29. The maximum Gasteiger partial charge on any atom is 0.146 e. The van der Waals surface area contributed by atoms with Gasteiger partial charge in [-0.25, -0.2) is 9.97 Å². The van der Waals surface area contributed by atoms with Gasteiger partial charge in [-0.15, -0.1) is 0 Å². The predicted octanol–water partition coefficient (Wildman–Crippen LogP) is 2.76. The lowest BCUT2D eigenvalue weighted by atomic mass is 9.79. The first-order chi connectivity index (χ1) is 11.2. The Morgan fingerprint density at radius 3 is 2.87 bits per heavy atom. The number of nitrogens with two attached hydrogens (primary N) is 1. The Hall–Kier alpha value is -0.540. The van der Waals surface area contributed by atoms with Gasteiger partial charge < -0.3 is 10.3 Å². The molecule has 2 aliphatic heterocycles. The average Bonchev–Trinajstić information content (AvgIpc) is 3.17. The van der Waals surface area contributed by atoms with Crippen LogP contribution in [0.2, 0.25) is 0 Å². The number of hydrogen-bond acceptors (Lipinski definition) is 5. The fraction of sp³-hybridized carbons (Fsp3) is 0.625. The highest BCUT2D eigenvalue weighted by Crippen LogP contribution is 2.44. The van der Waals surface area contributed by atoms with Crippen molar-refractivity contribution >= 4 is 51.2 Å². The molecule has 3 aliphatic rings. The standard InChI is InChI=1S/C16H20IN5S/c17-13-6-22(16-14(13)15(18)19-8-20-16)10-1-9(2-10)4-21-5-12-3-11(21)7-23-12/h6,8-12H,1-5,7H2,(H2,18,19,20)/t9?,10?,11-,12?/m0/s1. The minimum atomic E-state index is 0.578. The Morgan fingerprint density at radius 2 is 2.13 bits per heavy atom. The van der Waals surface area contributed by atoms with E-state index >= 15 is 0 Å². The zero-order chi connectivity index (χ0) is 15.6. The quantitative estimate of drug-likeness (QED) is 0.743. The second-order valence-corrected chi connectivity index (χ2v) is 9.63. The number of halogens is 1. The lowest BCUT2D eigenvalue weighted by molar-refractivity contribution is 0.127. The third kappa shape index (κ3) is 2.38. The molecule has 2 saturated heterocycles. The fourth-order valence-electron chi connectivity index (χ4n) is 4.45. The number of rotatable bonds is 3. The van der Waals surface area contributed by atoms with Crippen molar-refractivity contribution in [3.8, 4) is 0 Å². The number of nitrogen functional groups attached to an aromatic ring is 1. The SMILES string of the molecule is Nc1ncnc2c1c(I)cn2C1CC(CN2CC3C[C@H]2CS3)C1. The second kappa shape index (κ2) is 5.49. The van der Waals surface area contributed by atoms with Gasteiger partial charge in [0.25, 0.3) is 0 Å². The summed E-state index contributed by atoms with van der Waals surface area (Å²) in [7, 11) is 0. The van der Waals surface area contributed by atoms with Gasteiger partial charge in [0, 0.05) is 45.9 Å². The van der Waals surface area contributed by atoms with Crippen LogP contribution in [-0.4, -0.2) is 49.6 Å². The van der Waals surface area contributed by atoms with Crippen LogP contribution in [0.5, 0.6) is 0 Å². The zero-order valence-corrected chi connectivity index (χ0v) is 15.8.